The average Bonchev–Trinajstić information content (AvgIpc) is 2.81. The third-order valence-corrected chi connectivity index (χ3v) is 6.92. The highest BCUT2D eigenvalue weighted by atomic mass is 35.5. The summed E-state index contributed by atoms with van der Waals surface area (Å²) in [5.41, 5.74) is 1.68. The second-order valence-electron chi connectivity index (χ2n) is 7.76. The van der Waals surface area contributed by atoms with E-state index in [9.17, 15) is 19.7 Å². The summed E-state index contributed by atoms with van der Waals surface area (Å²) in [7, 11) is 0. The molecule has 0 saturated carbocycles. The second kappa shape index (κ2) is 14.2. The van der Waals surface area contributed by atoms with Crippen molar-refractivity contribution in [3.8, 4) is 0 Å². The molecule has 0 aromatic heterocycles. The van der Waals surface area contributed by atoms with Gasteiger partial charge < -0.3 is 10.2 Å². The first-order chi connectivity index (χ1) is 16.3. The highest BCUT2D eigenvalue weighted by Gasteiger charge is 2.28. The monoisotopic (exact) mass is 525 g/mol. The largest absolute Gasteiger partial charge is 0.354 e. The van der Waals surface area contributed by atoms with E-state index in [-0.39, 0.29) is 29.8 Å². The standard InChI is InChI=1S/C24H29Cl2N3O4S/c1-3-5-12-27-24(31)22(4-2)28(14-18-8-11-20(25)21(26)13-18)23(30)16-34-15-17-6-9-19(10-7-17)29(32)33/h6-11,13,22H,3-5,12,14-16H2,1-2H3,(H,27,31)/t22-/m1/s1. The number of nitro groups is 1. The highest BCUT2D eigenvalue weighted by Crippen LogP contribution is 2.25. The number of benzene rings is 2. The minimum Gasteiger partial charge on any atom is -0.354 e. The van der Waals surface area contributed by atoms with Crippen LogP contribution in [-0.2, 0) is 21.9 Å². The third kappa shape index (κ3) is 8.49. The fraction of sp³-hybridized carbons (Fsp3) is 0.417. The Bertz CT molecular complexity index is 989. The fourth-order valence-corrected chi connectivity index (χ4v) is 4.50. The van der Waals surface area contributed by atoms with Gasteiger partial charge in [-0.25, -0.2) is 0 Å². The van der Waals surface area contributed by atoms with E-state index >= 15 is 0 Å². The van der Waals surface area contributed by atoms with Gasteiger partial charge in [-0.05, 0) is 36.1 Å². The van der Waals surface area contributed by atoms with E-state index in [2.05, 4.69) is 5.32 Å². The maximum atomic E-state index is 13.2. The van der Waals surface area contributed by atoms with E-state index < -0.39 is 11.0 Å². The van der Waals surface area contributed by atoms with Crippen LogP contribution in [0.2, 0.25) is 10.0 Å². The smallest absolute Gasteiger partial charge is 0.269 e. The molecule has 0 aliphatic rings. The Balaban J connectivity index is 2.12. The van der Waals surface area contributed by atoms with Crippen LogP contribution in [0.1, 0.15) is 44.2 Å². The normalized spacial score (nSPS) is 11.6. The van der Waals surface area contributed by atoms with Gasteiger partial charge >= 0.3 is 0 Å². The Labute approximate surface area is 214 Å². The van der Waals surface area contributed by atoms with Crippen molar-refractivity contribution in [1.29, 1.82) is 0 Å². The molecule has 2 rings (SSSR count). The van der Waals surface area contributed by atoms with Crippen molar-refractivity contribution in [3.05, 3.63) is 73.8 Å². The Kier molecular flexibility index (Phi) is 11.7. The number of nitrogens with one attached hydrogen (secondary N) is 1. The molecule has 0 aliphatic carbocycles. The first kappa shape index (κ1) is 28.0. The Morgan fingerprint density at radius 2 is 1.76 bits per heavy atom. The van der Waals surface area contributed by atoms with E-state index in [1.54, 1.807) is 35.2 Å². The van der Waals surface area contributed by atoms with E-state index in [4.69, 9.17) is 23.2 Å². The maximum absolute atomic E-state index is 13.2. The number of thioether (sulfide) groups is 1. The summed E-state index contributed by atoms with van der Waals surface area (Å²) in [5.74, 6) is 0.334. The van der Waals surface area contributed by atoms with E-state index in [0.29, 0.717) is 28.8 Å². The number of nitrogens with zero attached hydrogens (tertiary/aromatic N) is 2. The van der Waals surface area contributed by atoms with Crippen molar-refractivity contribution >= 4 is 52.5 Å². The molecule has 0 unspecified atom stereocenters. The lowest BCUT2D eigenvalue weighted by Crippen LogP contribution is -2.49. The molecule has 10 heteroatoms. The van der Waals surface area contributed by atoms with E-state index in [1.165, 1.54) is 23.9 Å². The van der Waals surface area contributed by atoms with Gasteiger partial charge in [-0.15, -0.1) is 11.8 Å². The predicted molar refractivity (Wildman–Crippen MR) is 138 cm³/mol. The van der Waals surface area contributed by atoms with Crippen molar-refractivity contribution in [2.75, 3.05) is 12.3 Å². The van der Waals surface area contributed by atoms with Crippen LogP contribution in [0.5, 0.6) is 0 Å². The molecular weight excluding hydrogens is 497 g/mol. The third-order valence-electron chi connectivity index (χ3n) is 5.19. The van der Waals surface area contributed by atoms with Crippen LogP contribution in [0.25, 0.3) is 0 Å². The molecule has 0 bridgehead atoms. The maximum Gasteiger partial charge on any atom is 0.269 e. The van der Waals surface area contributed by atoms with Gasteiger partial charge in [0.15, 0.2) is 0 Å². The molecule has 2 aromatic rings. The highest BCUT2D eigenvalue weighted by molar-refractivity contribution is 7.99. The predicted octanol–water partition coefficient (Wildman–Crippen LogP) is 5.86. The van der Waals surface area contributed by atoms with Gasteiger partial charge in [0.05, 0.1) is 20.7 Å². The molecule has 1 atom stereocenters. The van der Waals surface area contributed by atoms with Crippen molar-refractivity contribution in [2.45, 2.75) is 51.4 Å². The number of hydrogen-bond donors (Lipinski definition) is 1. The summed E-state index contributed by atoms with van der Waals surface area (Å²) in [4.78, 5) is 38.1. The lowest BCUT2D eigenvalue weighted by atomic mass is 10.1. The van der Waals surface area contributed by atoms with Gasteiger partial charge in [-0.2, -0.15) is 0 Å². The van der Waals surface area contributed by atoms with E-state index in [1.807, 2.05) is 13.8 Å². The average molecular weight is 526 g/mol. The van der Waals surface area contributed by atoms with Crippen LogP contribution in [0.15, 0.2) is 42.5 Å². The lowest BCUT2D eigenvalue weighted by molar-refractivity contribution is -0.384. The van der Waals surface area contributed by atoms with Crippen LogP contribution in [0.4, 0.5) is 5.69 Å². The zero-order valence-corrected chi connectivity index (χ0v) is 21.6. The number of rotatable bonds is 13. The summed E-state index contributed by atoms with van der Waals surface area (Å²) in [6.45, 7) is 4.72. The first-order valence-electron chi connectivity index (χ1n) is 11.1. The van der Waals surface area contributed by atoms with Crippen LogP contribution in [0, 0.1) is 10.1 Å². The zero-order chi connectivity index (χ0) is 25.1. The molecule has 2 aromatic carbocycles. The number of nitro benzene ring substituents is 1. The molecular formula is C24H29Cl2N3O4S. The summed E-state index contributed by atoms with van der Waals surface area (Å²) < 4.78 is 0. The van der Waals surface area contributed by atoms with Gasteiger partial charge in [0, 0.05) is 31.0 Å². The van der Waals surface area contributed by atoms with Crippen LogP contribution in [-0.4, -0.2) is 40.0 Å². The van der Waals surface area contributed by atoms with Gasteiger partial charge in [0.1, 0.15) is 6.04 Å². The minimum atomic E-state index is -0.612. The Morgan fingerprint density at radius 1 is 1.09 bits per heavy atom. The van der Waals surface area contributed by atoms with Crippen LogP contribution >= 0.6 is 35.0 Å². The Morgan fingerprint density at radius 3 is 2.35 bits per heavy atom. The number of unbranched alkanes of at least 4 members (excludes halogenated alkanes) is 1. The van der Waals surface area contributed by atoms with Crippen LogP contribution < -0.4 is 5.32 Å². The number of hydrogen-bond acceptors (Lipinski definition) is 5. The molecule has 1 N–H and O–H groups in total. The molecule has 0 fully saturated rings. The van der Waals surface area contributed by atoms with Gasteiger partial charge in [0.2, 0.25) is 11.8 Å². The molecule has 0 aliphatic heterocycles. The molecule has 0 radical (unpaired) electrons. The Hall–Kier alpha value is -2.29. The molecule has 34 heavy (non-hydrogen) atoms. The second-order valence-corrected chi connectivity index (χ2v) is 9.56. The summed E-state index contributed by atoms with van der Waals surface area (Å²) >= 11 is 13.6. The summed E-state index contributed by atoms with van der Waals surface area (Å²) in [5, 5.41) is 14.6. The number of halogens is 2. The van der Waals surface area contributed by atoms with E-state index in [0.717, 1.165) is 24.0 Å². The van der Waals surface area contributed by atoms with Crippen LogP contribution in [0.3, 0.4) is 0 Å². The molecule has 184 valence electrons. The summed E-state index contributed by atoms with van der Waals surface area (Å²) in [6.07, 6.45) is 2.30. The van der Waals surface area contributed by atoms with Gasteiger partial charge in [-0.1, -0.05) is 61.7 Å². The van der Waals surface area contributed by atoms with Gasteiger partial charge in [0.25, 0.3) is 5.69 Å². The molecule has 0 saturated heterocycles. The fourth-order valence-electron chi connectivity index (χ4n) is 3.31. The van der Waals surface area contributed by atoms with Crippen molar-refractivity contribution in [1.82, 2.24) is 10.2 Å². The molecule has 0 spiro atoms. The SMILES string of the molecule is CCCCNC(=O)[C@@H](CC)N(Cc1ccc(Cl)c(Cl)c1)C(=O)CSCc1ccc([N+](=O)[O-])cc1. The van der Waals surface area contributed by atoms with Gasteiger partial charge in [-0.3, -0.25) is 19.7 Å². The number of amides is 2. The lowest BCUT2D eigenvalue weighted by Gasteiger charge is -2.30. The van der Waals surface area contributed by atoms with Crippen molar-refractivity contribution in [3.63, 3.8) is 0 Å². The zero-order valence-electron chi connectivity index (χ0n) is 19.3. The molecule has 7 nitrogen and oxygen atoms in total. The van der Waals surface area contributed by atoms with Crippen molar-refractivity contribution in [2.24, 2.45) is 0 Å². The number of non-ortho nitro benzene ring substituents is 1. The quantitative estimate of drug-likeness (QED) is 0.201. The topological polar surface area (TPSA) is 92.6 Å². The first-order valence-corrected chi connectivity index (χ1v) is 13.0. The minimum absolute atomic E-state index is 0.0255. The molecule has 2 amide bonds. The number of carbonyl (C=O) groups is 2. The number of carbonyl (C=O) groups excluding carboxylic acids is 2. The molecule has 0 heterocycles. The summed E-state index contributed by atoms with van der Waals surface area (Å²) in [6, 6.07) is 10.8. The van der Waals surface area contributed by atoms with Crippen molar-refractivity contribution < 1.29 is 14.5 Å².